The highest BCUT2D eigenvalue weighted by Gasteiger charge is 2.27. The molecule has 2 nitrogen and oxygen atoms in total. The van der Waals surface area contributed by atoms with E-state index in [1.807, 2.05) is 20.8 Å². The van der Waals surface area contributed by atoms with Crippen LogP contribution < -0.4 is 5.32 Å². The first-order chi connectivity index (χ1) is 9.07. The van der Waals surface area contributed by atoms with E-state index in [1.54, 1.807) is 6.07 Å². The molecule has 0 bridgehead atoms. The van der Waals surface area contributed by atoms with Crippen LogP contribution >= 0.6 is 0 Å². The minimum absolute atomic E-state index is 0.0959. The summed E-state index contributed by atoms with van der Waals surface area (Å²) in [7, 11) is 0. The van der Waals surface area contributed by atoms with E-state index in [1.165, 1.54) is 12.1 Å². The third-order valence-electron chi connectivity index (χ3n) is 2.46. The van der Waals surface area contributed by atoms with Crippen molar-refractivity contribution in [3.8, 4) is 0 Å². The fourth-order valence-corrected chi connectivity index (χ4v) is 1.49. The molecule has 0 aliphatic rings. The largest absolute Gasteiger partial charge is 0.411 e. The van der Waals surface area contributed by atoms with Crippen LogP contribution in [-0.4, -0.2) is 18.3 Å². The average molecular weight is 293 g/mol. The van der Waals surface area contributed by atoms with Crippen LogP contribution in [0, 0.1) is 5.82 Å². The molecule has 0 atom stereocenters. The van der Waals surface area contributed by atoms with Gasteiger partial charge in [-0.1, -0.05) is 6.07 Å². The van der Waals surface area contributed by atoms with Gasteiger partial charge in [-0.15, -0.1) is 0 Å². The van der Waals surface area contributed by atoms with Gasteiger partial charge in [-0.3, -0.25) is 0 Å². The molecule has 0 aliphatic carbocycles. The summed E-state index contributed by atoms with van der Waals surface area (Å²) in [6.07, 6.45) is -4.40. The molecule has 1 rings (SSSR count). The summed E-state index contributed by atoms with van der Waals surface area (Å²) in [6.45, 7) is 4.71. The Labute approximate surface area is 116 Å². The lowest BCUT2D eigenvalue weighted by Crippen LogP contribution is -2.35. The van der Waals surface area contributed by atoms with Gasteiger partial charge in [-0.25, -0.2) is 4.39 Å². The molecule has 6 heteroatoms. The van der Waals surface area contributed by atoms with Crippen molar-refractivity contribution in [3.63, 3.8) is 0 Å². The second kappa shape index (κ2) is 6.54. The van der Waals surface area contributed by atoms with Crippen molar-refractivity contribution in [1.82, 2.24) is 5.32 Å². The lowest BCUT2D eigenvalue weighted by Gasteiger charge is -2.20. The molecule has 114 valence electrons. The summed E-state index contributed by atoms with van der Waals surface area (Å²) in [5.41, 5.74) is 0.829. The SMILES string of the molecule is CC(C)(C)NCc1ccc(F)c(COCC(F)(F)F)c1. The average Bonchev–Trinajstić information content (AvgIpc) is 2.27. The van der Waals surface area contributed by atoms with Crippen LogP contribution in [-0.2, 0) is 17.9 Å². The summed E-state index contributed by atoms with van der Waals surface area (Å²) in [4.78, 5) is 0. The standard InChI is InChI=1S/C14H19F4NO/c1-13(2,3)19-7-10-4-5-12(15)11(6-10)8-20-9-14(16,17)18/h4-6,19H,7-9H2,1-3H3. The maximum absolute atomic E-state index is 13.5. The highest BCUT2D eigenvalue weighted by Crippen LogP contribution is 2.17. The van der Waals surface area contributed by atoms with Crippen molar-refractivity contribution < 1.29 is 22.3 Å². The first-order valence-electron chi connectivity index (χ1n) is 6.24. The molecular weight excluding hydrogens is 274 g/mol. The molecule has 0 saturated heterocycles. The fraction of sp³-hybridized carbons (Fsp3) is 0.571. The normalized spacial score (nSPS) is 12.8. The molecule has 0 heterocycles. The summed E-state index contributed by atoms with van der Waals surface area (Å²) in [5.74, 6) is -0.563. The Morgan fingerprint density at radius 2 is 1.80 bits per heavy atom. The number of ether oxygens (including phenoxy) is 1. The van der Waals surface area contributed by atoms with E-state index in [9.17, 15) is 17.6 Å². The quantitative estimate of drug-likeness (QED) is 0.834. The van der Waals surface area contributed by atoms with Crippen LogP contribution in [0.5, 0.6) is 0 Å². The van der Waals surface area contributed by atoms with Gasteiger partial charge in [0.2, 0.25) is 0 Å². The third kappa shape index (κ3) is 6.86. The first kappa shape index (κ1) is 16.9. The smallest absolute Gasteiger partial charge is 0.367 e. The van der Waals surface area contributed by atoms with E-state index >= 15 is 0 Å². The topological polar surface area (TPSA) is 21.3 Å². The van der Waals surface area contributed by atoms with Gasteiger partial charge in [0.05, 0.1) is 6.61 Å². The van der Waals surface area contributed by atoms with Crippen molar-refractivity contribution in [2.75, 3.05) is 6.61 Å². The Hall–Kier alpha value is -1.14. The Morgan fingerprint density at radius 1 is 1.15 bits per heavy atom. The van der Waals surface area contributed by atoms with E-state index in [-0.39, 0.29) is 11.1 Å². The first-order valence-corrected chi connectivity index (χ1v) is 6.24. The predicted molar refractivity (Wildman–Crippen MR) is 68.7 cm³/mol. The summed E-state index contributed by atoms with van der Waals surface area (Å²) >= 11 is 0. The molecular formula is C14H19F4NO. The lowest BCUT2D eigenvalue weighted by atomic mass is 10.1. The van der Waals surface area contributed by atoms with Gasteiger partial charge >= 0.3 is 6.18 Å². The van der Waals surface area contributed by atoms with Crippen molar-refractivity contribution in [2.24, 2.45) is 0 Å². The minimum Gasteiger partial charge on any atom is -0.367 e. The summed E-state index contributed by atoms with van der Waals surface area (Å²) in [6, 6.07) is 4.36. The molecule has 0 saturated carbocycles. The van der Waals surface area contributed by atoms with Crippen LogP contribution in [0.1, 0.15) is 31.9 Å². The molecule has 0 radical (unpaired) electrons. The fourth-order valence-electron chi connectivity index (χ4n) is 1.49. The summed E-state index contributed by atoms with van der Waals surface area (Å²) in [5, 5.41) is 3.22. The highest BCUT2D eigenvalue weighted by atomic mass is 19.4. The zero-order chi connectivity index (χ0) is 15.4. The number of rotatable bonds is 5. The monoisotopic (exact) mass is 293 g/mol. The van der Waals surface area contributed by atoms with Gasteiger partial charge in [-0.05, 0) is 38.5 Å². The molecule has 0 aromatic heterocycles. The van der Waals surface area contributed by atoms with Gasteiger partial charge < -0.3 is 10.1 Å². The predicted octanol–water partition coefficient (Wildman–Crippen LogP) is 3.79. The van der Waals surface area contributed by atoms with Crippen molar-refractivity contribution in [3.05, 3.63) is 35.1 Å². The van der Waals surface area contributed by atoms with Crippen molar-refractivity contribution >= 4 is 0 Å². The molecule has 0 unspecified atom stereocenters. The zero-order valence-corrected chi connectivity index (χ0v) is 11.8. The number of alkyl halides is 3. The highest BCUT2D eigenvalue weighted by molar-refractivity contribution is 5.24. The second-order valence-corrected chi connectivity index (χ2v) is 5.64. The molecule has 0 aliphatic heterocycles. The number of hydrogen-bond acceptors (Lipinski definition) is 2. The van der Waals surface area contributed by atoms with Gasteiger partial charge in [0.15, 0.2) is 0 Å². The number of nitrogens with one attached hydrogen (secondary N) is 1. The van der Waals surface area contributed by atoms with E-state index in [0.29, 0.717) is 6.54 Å². The number of hydrogen-bond donors (Lipinski definition) is 1. The van der Waals surface area contributed by atoms with Gasteiger partial charge in [0.1, 0.15) is 12.4 Å². The summed E-state index contributed by atoms with van der Waals surface area (Å²) < 4.78 is 53.8. The van der Waals surface area contributed by atoms with Gasteiger partial charge in [-0.2, -0.15) is 13.2 Å². The van der Waals surface area contributed by atoms with Crippen LogP contribution in [0.25, 0.3) is 0 Å². The molecule has 20 heavy (non-hydrogen) atoms. The molecule has 0 spiro atoms. The van der Waals surface area contributed by atoms with Crippen LogP contribution in [0.4, 0.5) is 17.6 Å². The van der Waals surface area contributed by atoms with Crippen LogP contribution in [0.2, 0.25) is 0 Å². The van der Waals surface area contributed by atoms with E-state index in [4.69, 9.17) is 0 Å². The molecule has 0 amide bonds. The zero-order valence-electron chi connectivity index (χ0n) is 11.8. The molecule has 0 fully saturated rings. The Balaban J connectivity index is 2.62. The number of benzene rings is 1. The van der Waals surface area contributed by atoms with Crippen LogP contribution in [0.3, 0.4) is 0 Å². The maximum Gasteiger partial charge on any atom is 0.411 e. The van der Waals surface area contributed by atoms with Crippen LogP contribution in [0.15, 0.2) is 18.2 Å². The molecule has 1 N–H and O–H groups in total. The van der Waals surface area contributed by atoms with Crippen molar-refractivity contribution in [1.29, 1.82) is 0 Å². The molecule has 1 aromatic rings. The Bertz CT molecular complexity index is 438. The van der Waals surface area contributed by atoms with Gasteiger partial charge in [0, 0.05) is 17.6 Å². The third-order valence-corrected chi connectivity index (χ3v) is 2.46. The van der Waals surface area contributed by atoms with Gasteiger partial charge in [0.25, 0.3) is 0 Å². The number of halogens is 4. The Morgan fingerprint density at radius 3 is 2.35 bits per heavy atom. The van der Waals surface area contributed by atoms with Crippen molar-refractivity contribution in [2.45, 2.75) is 45.6 Å². The minimum atomic E-state index is -4.40. The van der Waals surface area contributed by atoms with E-state index < -0.39 is 25.2 Å². The molecule has 1 aromatic carbocycles. The van der Waals surface area contributed by atoms with E-state index in [0.717, 1.165) is 5.56 Å². The Kier molecular flexibility index (Phi) is 5.53. The maximum atomic E-state index is 13.5. The second-order valence-electron chi connectivity index (χ2n) is 5.64. The lowest BCUT2D eigenvalue weighted by molar-refractivity contribution is -0.176. The van der Waals surface area contributed by atoms with E-state index in [2.05, 4.69) is 10.1 Å².